The number of hydrogen-bond acceptors (Lipinski definition) is 4. The zero-order valence-corrected chi connectivity index (χ0v) is 16.0. The smallest absolute Gasteiger partial charge is 0.316 e. The second-order valence-corrected chi connectivity index (χ2v) is 6.47. The van der Waals surface area contributed by atoms with Gasteiger partial charge in [0, 0.05) is 17.4 Å². The third-order valence-electron chi connectivity index (χ3n) is 4.26. The monoisotopic (exact) mass is 400 g/mol. The van der Waals surface area contributed by atoms with Crippen LogP contribution in [-0.2, 0) is 6.61 Å². The largest absolute Gasteiger partial charge is 0.486 e. The van der Waals surface area contributed by atoms with E-state index in [1.165, 1.54) is 0 Å². The van der Waals surface area contributed by atoms with E-state index in [1.807, 2.05) is 60.8 Å². The lowest BCUT2D eigenvalue weighted by Gasteiger charge is -2.07. The van der Waals surface area contributed by atoms with E-state index in [2.05, 4.69) is 15.3 Å². The maximum atomic E-state index is 10.9. The zero-order chi connectivity index (χ0) is 20.8. The number of nitrogens with two attached hydrogens (primary N) is 1. The Morgan fingerprint density at radius 3 is 2.23 bits per heavy atom. The van der Waals surface area contributed by atoms with Crippen LogP contribution in [0.15, 0.2) is 85.1 Å². The summed E-state index contributed by atoms with van der Waals surface area (Å²) in [6.45, 7) is 0.367. The normalized spacial score (nSPS) is 10.4. The minimum atomic E-state index is -0.604. The summed E-state index contributed by atoms with van der Waals surface area (Å²) in [6.07, 6.45) is 1.85. The Balaban J connectivity index is 1.36. The Morgan fingerprint density at radius 1 is 0.900 bits per heavy atom. The van der Waals surface area contributed by atoms with E-state index in [-0.39, 0.29) is 0 Å². The van der Waals surface area contributed by atoms with Crippen LogP contribution in [0.2, 0.25) is 0 Å². The van der Waals surface area contributed by atoms with Crippen molar-refractivity contribution in [3.8, 4) is 28.5 Å². The van der Waals surface area contributed by atoms with Gasteiger partial charge in [0.1, 0.15) is 29.7 Å². The number of rotatable bonds is 7. The molecule has 7 heteroatoms. The molecule has 4 rings (SSSR count). The number of urea groups is 1. The fourth-order valence-corrected chi connectivity index (χ4v) is 2.83. The summed E-state index contributed by atoms with van der Waals surface area (Å²) in [4.78, 5) is 18.6. The average molecular weight is 400 g/mol. The van der Waals surface area contributed by atoms with Gasteiger partial charge < -0.3 is 25.5 Å². The quantitative estimate of drug-likeness (QED) is 0.409. The molecule has 0 aliphatic heterocycles. The molecule has 4 N–H and O–H groups in total. The first-order valence-corrected chi connectivity index (χ1v) is 9.33. The summed E-state index contributed by atoms with van der Waals surface area (Å²) in [7, 11) is 0. The van der Waals surface area contributed by atoms with Gasteiger partial charge in [0.15, 0.2) is 0 Å². The zero-order valence-electron chi connectivity index (χ0n) is 16.0. The van der Waals surface area contributed by atoms with Crippen molar-refractivity contribution in [2.45, 2.75) is 6.61 Å². The van der Waals surface area contributed by atoms with Crippen molar-refractivity contribution < 1.29 is 14.3 Å². The summed E-state index contributed by atoms with van der Waals surface area (Å²) >= 11 is 0. The van der Waals surface area contributed by atoms with Gasteiger partial charge in [0.25, 0.3) is 0 Å². The van der Waals surface area contributed by atoms with Crippen LogP contribution in [0.3, 0.4) is 0 Å². The average Bonchev–Trinajstić information content (AvgIpc) is 3.24. The first kappa shape index (κ1) is 19.1. The number of para-hydroxylation sites is 1. The number of aromatic amines is 1. The molecule has 0 fully saturated rings. The number of ether oxygens (including phenoxy) is 2. The number of primary amides is 1. The van der Waals surface area contributed by atoms with Crippen molar-refractivity contribution in [3.05, 3.63) is 90.9 Å². The minimum Gasteiger partial charge on any atom is -0.486 e. The fourth-order valence-electron chi connectivity index (χ4n) is 2.83. The lowest BCUT2D eigenvalue weighted by molar-refractivity contribution is 0.259. The second kappa shape index (κ2) is 8.83. The second-order valence-electron chi connectivity index (χ2n) is 6.47. The van der Waals surface area contributed by atoms with Crippen LogP contribution >= 0.6 is 0 Å². The van der Waals surface area contributed by atoms with Gasteiger partial charge in [-0.25, -0.2) is 9.78 Å². The van der Waals surface area contributed by atoms with Crippen molar-refractivity contribution in [2.75, 3.05) is 5.32 Å². The molecule has 0 saturated heterocycles. The molecule has 7 nitrogen and oxygen atoms in total. The third-order valence-corrected chi connectivity index (χ3v) is 4.26. The van der Waals surface area contributed by atoms with Crippen LogP contribution in [0.4, 0.5) is 10.5 Å². The van der Waals surface area contributed by atoms with E-state index < -0.39 is 6.03 Å². The molecule has 1 aromatic heterocycles. The molecule has 30 heavy (non-hydrogen) atoms. The Labute approximate surface area is 173 Å². The van der Waals surface area contributed by atoms with E-state index in [0.717, 1.165) is 22.8 Å². The number of imidazole rings is 1. The molecule has 0 atom stereocenters. The maximum Gasteiger partial charge on any atom is 0.316 e. The van der Waals surface area contributed by atoms with E-state index in [1.54, 1.807) is 24.3 Å². The molecule has 0 unspecified atom stereocenters. The van der Waals surface area contributed by atoms with Gasteiger partial charge in [-0.1, -0.05) is 18.2 Å². The molecule has 4 aromatic rings. The van der Waals surface area contributed by atoms with E-state index >= 15 is 0 Å². The van der Waals surface area contributed by atoms with Gasteiger partial charge in [-0.3, -0.25) is 0 Å². The van der Waals surface area contributed by atoms with Gasteiger partial charge in [-0.05, 0) is 60.7 Å². The Morgan fingerprint density at radius 2 is 1.57 bits per heavy atom. The molecular weight excluding hydrogens is 380 g/mol. The maximum absolute atomic E-state index is 10.9. The van der Waals surface area contributed by atoms with Gasteiger partial charge in [0.2, 0.25) is 0 Å². The summed E-state index contributed by atoms with van der Waals surface area (Å²) < 4.78 is 11.5. The Hall–Kier alpha value is -4.26. The summed E-state index contributed by atoms with van der Waals surface area (Å²) in [5.74, 6) is 2.89. The summed E-state index contributed by atoms with van der Waals surface area (Å²) in [5, 5.41) is 2.51. The van der Waals surface area contributed by atoms with Gasteiger partial charge in [-0.2, -0.15) is 0 Å². The predicted octanol–water partition coefficient (Wildman–Crippen LogP) is 4.94. The van der Waals surface area contributed by atoms with Crippen molar-refractivity contribution in [1.82, 2.24) is 9.97 Å². The molecule has 0 bridgehead atoms. The highest BCUT2D eigenvalue weighted by atomic mass is 16.5. The molecule has 0 aliphatic carbocycles. The third kappa shape index (κ3) is 4.96. The van der Waals surface area contributed by atoms with Crippen LogP contribution in [0.5, 0.6) is 17.2 Å². The molecule has 0 saturated carbocycles. The highest BCUT2D eigenvalue weighted by molar-refractivity contribution is 5.87. The number of nitrogens with one attached hydrogen (secondary N) is 2. The fraction of sp³-hybridized carbons (Fsp3) is 0.0435. The minimum absolute atomic E-state index is 0.367. The molecule has 0 aliphatic rings. The number of H-pyrrole nitrogens is 1. The predicted molar refractivity (Wildman–Crippen MR) is 115 cm³/mol. The molecule has 1 heterocycles. The number of benzene rings is 3. The number of carbonyl (C=O) groups is 1. The van der Waals surface area contributed by atoms with Crippen molar-refractivity contribution >= 4 is 11.7 Å². The number of aromatic nitrogens is 2. The van der Waals surface area contributed by atoms with Gasteiger partial charge >= 0.3 is 6.03 Å². The highest BCUT2D eigenvalue weighted by Gasteiger charge is 2.06. The van der Waals surface area contributed by atoms with Crippen molar-refractivity contribution in [3.63, 3.8) is 0 Å². The van der Waals surface area contributed by atoms with Gasteiger partial charge in [0.05, 0.1) is 5.69 Å². The van der Waals surface area contributed by atoms with Crippen LogP contribution < -0.4 is 20.5 Å². The number of carbonyl (C=O) groups excluding carboxylic acids is 1. The molecule has 0 radical (unpaired) electrons. The molecule has 0 spiro atoms. The standard InChI is InChI=1S/C23H20N4O3/c24-23(28)26-17-8-12-20(13-9-17)30-19-10-6-16(7-11-19)21-14-25-22(27-21)15-29-18-4-2-1-3-5-18/h1-14H,15H2,(H,25,27)(H3,24,26,28). The lowest BCUT2D eigenvalue weighted by Crippen LogP contribution is -2.19. The van der Waals surface area contributed by atoms with Crippen LogP contribution in [-0.4, -0.2) is 16.0 Å². The van der Waals surface area contributed by atoms with E-state index in [0.29, 0.717) is 23.8 Å². The Bertz CT molecular complexity index is 1110. The van der Waals surface area contributed by atoms with Crippen LogP contribution in [0.1, 0.15) is 5.82 Å². The van der Waals surface area contributed by atoms with Crippen molar-refractivity contribution in [2.24, 2.45) is 5.73 Å². The number of hydrogen-bond donors (Lipinski definition) is 3. The van der Waals surface area contributed by atoms with E-state index in [9.17, 15) is 4.79 Å². The lowest BCUT2D eigenvalue weighted by atomic mass is 10.1. The number of amides is 2. The number of anilines is 1. The molecule has 2 amide bonds. The van der Waals surface area contributed by atoms with Crippen molar-refractivity contribution in [1.29, 1.82) is 0 Å². The molecule has 3 aromatic carbocycles. The van der Waals surface area contributed by atoms with Crippen LogP contribution in [0.25, 0.3) is 11.3 Å². The molecular formula is C23H20N4O3. The number of nitrogens with zero attached hydrogens (tertiary/aromatic N) is 1. The summed E-state index contributed by atoms with van der Waals surface area (Å²) in [6, 6.07) is 23.6. The summed E-state index contributed by atoms with van der Waals surface area (Å²) in [5.41, 5.74) is 7.50. The topological polar surface area (TPSA) is 102 Å². The Kier molecular flexibility index (Phi) is 5.61. The van der Waals surface area contributed by atoms with Gasteiger partial charge in [-0.15, -0.1) is 0 Å². The van der Waals surface area contributed by atoms with E-state index in [4.69, 9.17) is 15.2 Å². The SMILES string of the molecule is NC(=O)Nc1ccc(Oc2ccc(-c3c[nH]c(COc4ccccc4)n3)cc2)cc1. The first-order chi connectivity index (χ1) is 14.7. The van der Waals surface area contributed by atoms with Crippen LogP contribution in [0, 0.1) is 0 Å². The molecule has 150 valence electrons. The first-order valence-electron chi connectivity index (χ1n) is 9.33. The highest BCUT2D eigenvalue weighted by Crippen LogP contribution is 2.26.